The minimum atomic E-state index is 0.0321. The van der Waals surface area contributed by atoms with Crippen LogP contribution in [0.25, 0.3) is 0 Å². The number of thioether (sulfide) groups is 1. The highest BCUT2D eigenvalue weighted by molar-refractivity contribution is 7.98. The van der Waals surface area contributed by atoms with E-state index in [2.05, 4.69) is 16.5 Å². The molecular weight excluding hydrogens is 258 g/mol. The van der Waals surface area contributed by atoms with E-state index in [-0.39, 0.29) is 5.91 Å². The fourth-order valence-electron chi connectivity index (χ4n) is 1.64. The number of rotatable bonds is 7. The third-order valence-corrected chi connectivity index (χ3v) is 3.52. The van der Waals surface area contributed by atoms with Crippen LogP contribution in [0.4, 0.5) is 11.4 Å². The predicted octanol–water partition coefficient (Wildman–Crippen LogP) is 2.20. The number of aryl methyl sites for hydroxylation is 1. The Hall–Kier alpha value is -1.20. The number of nitrogens with two attached hydrogens (primary N) is 1. The number of hydrogen-bond donors (Lipinski definition) is 2. The van der Waals surface area contributed by atoms with Gasteiger partial charge in [-0.2, -0.15) is 11.8 Å². The van der Waals surface area contributed by atoms with Crippen molar-refractivity contribution in [3.05, 3.63) is 23.8 Å². The monoisotopic (exact) mass is 281 g/mol. The number of nitrogens with one attached hydrogen (secondary N) is 1. The Morgan fingerprint density at radius 1 is 1.42 bits per heavy atom. The molecule has 0 heterocycles. The molecule has 0 aliphatic carbocycles. The molecule has 0 aliphatic heterocycles. The highest BCUT2D eigenvalue weighted by Crippen LogP contribution is 2.18. The molecule has 0 saturated carbocycles. The second-order valence-electron chi connectivity index (χ2n) is 4.67. The summed E-state index contributed by atoms with van der Waals surface area (Å²) in [4.78, 5) is 14.0. The molecule has 0 aliphatic rings. The first kappa shape index (κ1) is 15.9. The number of hydrogen-bond acceptors (Lipinski definition) is 4. The average Bonchev–Trinajstić information content (AvgIpc) is 2.38. The molecule has 5 heteroatoms. The summed E-state index contributed by atoms with van der Waals surface area (Å²) in [6, 6.07) is 5.54. The van der Waals surface area contributed by atoms with Crippen LogP contribution in [0, 0.1) is 6.92 Å². The zero-order chi connectivity index (χ0) is 14.3. The van der Waals surface area contributed by atoms with E-state index in [1.165, 1.54) is 0 Å². The van der Waals surface area contributed by atoms with E-state index in [0.717, 1.165) is 30.1 Å². The minimum Gasteiger partial charge on any atom is -0.399 e. The third kappa shape index (κ3) is 5.98. The van der Waals surface area contributed by atoms with Gasteiger partial charge in [-0.25, -0.2) is 0 Å². The van der Waals surface area contributed by atoms with Crippen molar-refractivity contribution in [2.75, 3.05) is 43.2 Å². The molecule has 0 atom stereocenters. The molecule has 1 aromatic carbocycles. The van der Waals surface area contributed by atoms with Crippen molar-refractivity contribution in [3.63, 3.8) is 0 Å². The zero-order valence-corrected chi connectivity index (χ0v) is 12.7. The molecule has 106 valence electrons. The van der Waals surface area contributed by atoms with Crippen LogP contribution < -0.4 is 11.1 Å². The van der Waals surface area contributed by atoms with E-state index in [1.807, 2.05) is 37.9 Å². The predicted molar refractivity (Wildman–Crippen MR) is 84.7 cm³/mol. The maximum absolute atomic E-state index is 11.9. The molecule has 19 heavy (non-hydrogen) atoms. The lowest BCUT2D eigenvalue weighted by atomic mass is 10.2. The van der Waals surface area contributed by atoms with Crippen molar-refractivity contribution in [2.24, 2.45) is 0 Å². The molecule has 3 N–H and O–H groups in total. The molecule has 0 spiro atoms. The molecule has 1 aromatic rings. The quantitative estimate of drug-likeness (QED) is 0.752. The maximum Gasteiger partial charge on any atom is 0.225 e. The van der Waals surface area contributed by atoms with Gasteiger partial charge < -0.3 is 16.0 Å². The molecule has 1 amide bonds. The van der Waals surface area contributed by atoms with Crippen molar-refractivity contribution in [1.29, 1.82) is 0 Å². The molecule has 0 fully saturated rings. The average molecular weight is 281 g/mol. The molecule has 4 nitrogen and oxygen atoms in total. The van der Waals surface area contributed by atoms with Crippen molar-refractivity contribution in [2.45, 2.75) is 13.3 Å². The van der Waals surface area contributed by atoms with E-state index in [9.17, 15) is 4.79 Å². The summed E-state index contributed by atoms with van der Waals surface area (Å²) in [5.74, 6) is 1.12. The van der Waals surface area contributed by atoms with Crippen LogP contribution in [0.3, 0.4) is 0 Å². The van der Waals surface area contributed by atoms with Crippen LogP contribution in [0.5, 0.6) is 0 Å². The Bertz CT molecular complexity index is 423. The van der Waals surface area contributed by atoms with Crippen LogP contribution >= 0.6 is 11.8 Å². The molecule has 0 radical (unpaired) electrons. The number of anilines is 2. The number of benzene rings is 1. The zero-order valence-electron chi connectivity index (χ0n) is 11.9. The second-order valence-corrected chi connectivity index (χ2v) is 5.65. The summed E-state index contributed by atoms with van der Waals surface area (Å²) < 4.78 is 0. The van der Waals surface area contributed by atoms with Crippen molar-refractivity contribution in [3.8, 4) is 0 Å². The van der Waals surface area contributed by atoms with Crippen LogP contribution in [0.2, 0.25) is 0 Å². The Balaban J connectivity index is 2.40. The van der Waals surface area contributed by atoms with Crippen molar-refractivity contribution in [1.82, 2.24) is 4.90 Å². The molecule has 0 unspecified atom stereocenters. The normalized spacial score (nSPS) is 10.7. The van der Waals surface area contributed by atoms with Gasteiger partial charge in [-0.1, -0.05) is 6.07 Å². The number of nitrogens with zero attached hydrogens (tertiary/aromatic N) is 1. The van der Waals surface area contributed by atoms with Crippen LogP contribution in [-0.2, 0) is 4.79 Å². The van der Waals surface area contributed by atoms with Crippen LogP contribution in [0.15, 0.2) is 18.2 Å². The Labute approximate surface area is 119 Å². The van der Waals surface area contributed by atoms with E-state index in [1.54, 1.807) is 6.07 Å². The number of carbonyl (C=O) groups is 1. The Morgan fingerprint density at radius 3 is 2.84 bits per heavy atom. The smallest absolute Gasteiger partial charge is 0.225 e. The second kappa shape index (κ2) is 8.07. The van der Waals surface area contributed by atoms with Gasteiger partial charge >= 0.3 is 0 Å². The molecule has 0 bridgehead atoms. The summed E-state index contributed by atoms with van der Waals surface area (Å²) in [5.41, 5.74) is 8.21. The highest BCUT2D eigenvalue weighted by atomic mass is 32.2. The summed E-state index contributed by atoms with van der Waals surface area (Å²) in [6.07, 6.45) is 2.59. The summed E-state index contributed by atoms with van der Waals surface area (Å²) >= 11 is 1.81. The summed E-state index contributed by atoms with van der Waals surface area (Å²) in [6.45, 7) is 3.74. The largest absolute Gasteiger partial charge is 0.399 e. The Morgan fingerprint density at radius 2 is 2.16 bits per heavy atom. The van der Waals surface area contributed by atoms with Crippen molar-refractivity contribution < 1.29 is 4.79 Å². The fourth-order valence-corrected chi connectivity index (χ4v) is 2.13. The third-order valence-electron chi connectivity index (χ3n) is 2.93. The lowest BCUT2D eigenvalue weighted by molar-refractivity contribution is -0.116. The highest BCUT2D eigenvalue weighted by Gasteiger charge is 2.07. The van der Waals surface area contributed by atoms with Gasteiger partial charge in [0.2, 0.25) is 5.91 Å². The summed E-state index contributed by atoms with van der Waals surface area (Å²) in [7, 11) is 2.04. The molecular formula is C14H23N3OS. The van der Waals surface area contributed by atoms with Gasteiger partial charge in [-0.15, -0.1) is 0 Å². The van der Waals surface area contributed by atoms with Gasteiger partial charge in [0.05, 0.1) is 0 Å². The number of amides is 1. The van der Waals surface area contributed by atoms with Gasteiger partial charge in [0.25, 0.3) is 0 Å². The van der Waals surface area contributed by atoms with Gasteiger partial charge in [0.15, 0.2) is 0 Å². The maximum atomic E-state index is 11.9. The van der Waals surface area contributed by atoms with E-state index in [0.29, 0.717) is 12.1 Å². The fraction of sp³-hybridized carbons (Fsp3) is 0.500. The van der Waals surface area contributed by atoms with Crippen molar-refractivity contribution >= 4 is 29.0 Å². The topological polar surface area (TPSA) is 58.4 Å². The Kier molecular flexibility index (Phi) is 6.73. The lowest BCUT2D eigenvalue weighted by Crippen LogP contribution is -2.26. The number of carbonyl (C=O) groups excluding carboxylic acids is 1. The van der Waals surface area contributed by atoms with Gasteiger partial charge in [0.1, 0.15) is 0 Å². The SMILES string of the molecule is CSCCN(C)CCC(=O)Nc1cc(N)ccc1C. The number of nitrogen functional groups attached to an aromatic ring is 1. The van der Waals surface area contributed by atoms with Crippen LogP contribution in [0.1, 0.15) is 12.0 Å². The van der Waals surface area contributed by atoms with Gasteiger partial charge in [-0.3, -0.25) is 4.79 Å². The first-order chi connectivity index (χ1) is 9.02. The van der Waals surface area contributed by atoms with Gasteiger partial charge in [0, 0.05) is 36.6 Å². The first-order valence-electron chi connectivity index (χ1n) is 6.36. The van der Waals surface area contributed by atoms with Crippen LogP contribution in [-0.4, -0.2) is 43.0 Å². The minimum absolute atomic E-state index is 0.0321. The van der Waals surface area contributed by atoms with E-state index in [4.69, 9.17) is 5.73 Å². The molecule has 1 rings (SSSR count). The van der Waals surface area contributed by atoms with E-state index >= 15 is 0 Å². The van der Waals surface area contributed by atoms with Gasteiger partial charge in [-0.05, 0) is 37.9 Å². The summed E-state index contributed by atoms with van der Waals surface area (Å²) in [5, 5.41) is 2.91. The first-order valence-corrected chi connectivity index (χ1v) is 7.75. The van der Waals surface area contributed by atoms with E-state index < -0.39 is 0 Å². The standard InChI is InChI=1S/C14H23N3OS/c1-11-4-5-12(15)10-13(11)16-14(18)6-7-17(2)8-9-19-3/h4-5,10H,6-9,15H2,1-3H3,(H,16,18). The molecule has 0 saturated heterocycles. The molecule has 0 aromatic heterocycles. The lowest BCUT2D eigenvalue weighted by Gasteiger charge is -2.16.